The normalized spacial score (nSPS) is 10.7. The van der Waals surface area contributed by atoms with Crippen LogP contribution in [0.15, 0.2) is 24.3 Å². The van der Waals surface area contributed by atoms with E-state index in [1.165, 1.54) is 12.1 Å². The molecule has 1 aromatic carbocycles. The molecule has 0 fully saturated rings. The highest BCUT2D eigenvalue weighted by Gasteiger charge is 2.28. The second-order valence-corrected chi connectivity index (χ2v) is 2.10. The highest BCUT2D eigenvalue weighted by atomic mass is 35.5. The molecule has 0 spiro atoms. The van der Waals surface area contributed by atoms with Crippen molar-refractivity contribution >= 4 is 12.4 Å². The molecule has 0 radical (unpaired) electrons. The van der Waals surface area contributed by atoms with Crippen LogP contribution in [-0.4, -0.2) is 0 Å². The molecule has 0 unspecified atom stereocenters. The highest BCUT2D eigenvalue weighted by Crippen LogP contribution is 2.23. The fraction of sp³-hybridized carbons (Fsp3) is 0.143. The molecule has 0 aromatic heterocycles. The maximum Gasteiger partial charge on any atom is 0.329 e. The third kappa shape index (κ3) is 2.39. The first kappa shape index (κ1) is 11.3. The summed E-state index contributed by atoms with van der Waals surface area (Å²) in [7, 11) is 0. The summed E-state index contributed by atoms with van der Waals surface area (Å²) in [6.07, 6.45) is 0. The summed E-state index contributed by atoms with van der Waals surface area (Å²) in [4.78, 5) is 0. The van der Waals surface area contributed by atoms with Crippen molar-refractivity contribution < 1.29 is 13.2 Å². The Labute approximate surface area is 73.8 Å². The van der Waals surface area contributed by atoms with Gasteiger partial charge in [0, 0.05) is 0 Å². The van der Waals surface area contributed by atoms with E-state index >= 15 is 0 Å². The summed E-state index contributed by atoms with van der Waals surface area (Å²) in [5, 5.41) is 0. The van der Waals surface area contributed by atoms with Crippen LogP contribution in [0.3, 0.4) is 0 Å². The van der Waals surface area contributed by atoms with Crippen molar-refractivity contribution in [2.24, 2.45) is 5.73 Å². The van der Waals surface area contributed by atoms with Crippen LogP contribution in [0.1, 0.15) is 5.56 Å². The lowest BCUT2D eigenvalue weighted by Crippen LogP contribution is -2.26. The Balaban J connectivity index is 0.00000121. The van der Waals surface area contributed by atoms with Crippen molar-refractivity contribution in [3.8, 4) is 0 Å². The van der Waals surface area contributed by atoms with Crippen molar-refractivity contribution in [1.82, 2.24) is 0 Å². The average molecular weight is 198 g/mol. The summed E-state index contributed by atoms with van der Waals surface area (Å²) < 4.78 is 37.0. The molecule has 1 nitrogen and oxygen atoms in total. The second-order valence-electron chi connectivity index (χ2n) is 2.10. The average Bonchev–Trinajstić information content (AvgIpc) is 1.86. The monoisotopic (exact) mass is 197 g/mol. The van der Waals surface area contributed by atoms with E-state index in [1.807, 2.05) is 0 Å². The van der Waals surface area contributed by atoms with Gasteiger partial charge in [0.25, 0.3) is 0 Å². The Morgan fingerprint density at radius 1 is 1.17 bits per heavy atom. The Kier molecular flexibility index (Phi) is 3.55. The van der Waals surface area contributed by atoms with Crippen LogP contribution >= 0.6 is 12.4 Å². The number of hydrogen-bond acceptors (Lipinski definition) is 1. The van der Waals surface area contributed by atoms with Gasteiger partial charge in [-0.15, -0.1) is 12.4 Å². The zero-order chi connectivity index (χ0) is 8.48. The fourth-order valence-electron chi connectivity index (χ4n) is 0.732. The second kappa shape index (κ2) is 3.78. The van der Waals surface area contributed by atoms with E-state index in [0.29, 0.717) is 0 Å². The third-order valence-electron chi connectivity index (χ3n) is 1.23. The largest absolute Gasteiger partial charge is 0.329 e. The van der Waals surface area contributed by atoms with Crippen molar-refractivity contribution in [2.75, 3.05) is 0 Å². The molecule has 0 heterocycles. The number of nitrogens with two attached hydrogens (primary N) is 1. The van der Waals surface area contributed by atoms with Crippen LogP contribution in [-0.2, 0) is 6.05 Å². The van der Waals surface area contributed by atoms with Gasteiger partial charge >= 0.3 is 6.05 Å². The maximum atomic E-state index is 12.5. The number of benzene rings is 1. The van der Waals surface area contributed by atoms with Gasteiger partial charge in [0.1, 0.15) is 5.82 Å². The summed E-state index contributed by atoms with van der Waals surface area (Å²) in [5.74, 6) is -0.986. The van der Waals surface area contributed by atoms with Gasteiger partial charge in [-0.05, 0) is 12.1 Å². The number of hydrogen-bond donors (Lipinski definition) is 1. The minimum absolute atomic E-state index is 0. The molecule has 0 saturated carbocycles. The van der Waals surface area contributed by atoms with E-state index in [-0.39, 0.29) is 12.4 Å². The summed E-state index contributed by atoms with van der Waals surface area (Å²) in [5.41, 5.74) is 3.61. The van der Waals surface area contributed by atoms with Crippen LogP contribution in [0, 0.1) is 5.82 Å². The van der Waals surface area contributed by atoms with Gasteiger partial charge in [0.05, 0.1) is 5.56 Å². The van der Waals surface area contributed by atoms with Crippen LogP contribution in [0.2, 0.25) is 0 Å². The number of rotatable bonds is 1. The van der Waals surface area contributed by atoms with E-state index in [1.54, 1.807) is 0 Å². The van der Waals surface area contributed by atoms with Gasteiger partial charge in [-0.2, -0.15) is 8.78 Å². The third-order valence-corrected chi connectivity index (χ3v) is 1.23. The first-order chi connectivity index (χ1) is 5.02. The molecule has 0 saturated heterocycles. The molecule has 68 valence electrons. The molecule has 0 amide bonds. The van der Waals surface area contributed by atoms with Gasteiger partial charge in [-0.3, -0.25) is 5.73 Å². The predicted octanol–water partition coefficient (Wildman–Crippen LogP) is 2.26. The van der Waals surface area contributed by atoms with Crippen LogP contribution in [0.5, 0.6) is 0 Å². The molecule has 0 bridgehead atoms. The van der Waals surface area contributed by atoms with Crippen LogP contribution in [0.4, 0.5) is 13.2 Å². The highest BCUT2D eigenvalue weighted by molar-refractivity contribution is 5.85. The van der Waals surface area contributed by atoms with Crippen LogP contribution in [0.25, 0.3) is 0 Å². The summed E-state index contributed by atoms with van der Waals surface area (Å²) in [6, 6.07) is 0.931. The fourth-order valence-corrected chi connectivity index (χ4v) is 0.732. The molecule has 2 N–H and O–H groups in total. The van der Waals surface area contributed by atoms with E-state index in [4.69, 9.17) is 0 Å². The zero-order valence-electron chi connectivity index (χ0n) is 5.93. The first-order valence-electron chi connectivity index (χ1n) is 2.93. The van der Waals surface area contributed by atoms with E-state index in [2.05, 4.69) is 5.73 Å². The molecule has 5 heteroatoms. The predicted molar refractivity (Wildman–Crippen MR) is 41.7 cm³/mol. The Hall–Kier alpha value is -0.740. The molecule has 12 heavy (non-hydrogen) atoms. The van der Waals surface area contributed by atoms with Gasteiger partial charge in [-0.1, -0.05) is 12.1 Å². The Morgan fingerprint density at radius 3 is 2.00 bits per heavy atom. The summed E-state index contributed by atoms with van der Waals surface area (Å²) in [6.45, 7) is 0. The number of halogens is 4. The lowest BCUT2D eigenvalue weighted by Gasteiger charge is -2.09. The molecular weight excluding hydrogens is 191 g/mol. The van der Waals surface area contributed by atoms with E-state index in [9.17, 15) is 13.2 Å². The summed E-state index contributed by atoms with van der Waals surface area (Å²) >= 11 is 0. The molecule has 0 aliphatic heterocycles. The number of alkyl halides is 2. The van der Waals surface area contributed by atoms with Crippen molar-refractivity contribution in [3.05, 3.63) is 35.6 Å². The molecular formula is C7H7ClF3N. The van der Waals surface area contributed by atoms with Crippen molar-refractivity contribution in [1.29, 1.82) is 0 Å². The SMILES string of the molecule is Cl.NC(F)(F)c1ccccc1F. The lowest BCUT2D eigenvalue weighted by molar-refractivity contribution is -0.000579. The van der Waals surface area contributed by atoms with E-state index in [0.717, 1.165) is 12.1 Å². The van der Waals surface area contributed by atoms with Gasteiger partial charge in [-0.25, -0.2) is 4.39 Å². The molecule has 0 aliphatic carbocycles. The van der Waals surface area contributed by atoms with Gasteiger partial charge < -0.3 is 0 Å². The maximum absolute atomic E-state index is 12.5. The van der Waals surface area contributed by atoms with Crippen molar-refractivity contribution in [2.45, 2.75) is 6.05 Å². The van der Waals surface area contributed by atoms with Crippen molar-refractivity contribution in [3.63, 3.8) is 0 Å². The first-order valence-corrected chi connectivity index (χ1v) is 2.93. The van der Waals surface area contributed by atoms with Gasteiger partial charge in [0.15, 0.2) is 0 Å². The standard InChI is InChI=1S/C7H6F3N.ClH/c8-6-4-2-1-3-5(6)7(9,10)11;/h1-4H,11H2;1H. The topological polar surface area (TPSA) is 26.0 Å². The molecule has 0 aliphatic rings. The van der Waals surface area contributed by atoms with Crippen LogP contribution < -0.4 is 5.73 Å². The minimum atomic E-state index is -3.59. The zero-order valence-corrected chi connectivity index (χ0v) is 6.75. The van der Waals surface area contributed by atoms with E-state index < -0.39 is 17.4 Å². The molecule has 1 aromatic rings. The quantitative estimate of drug-likeness (QED) is 0.687. The molecule has 0 atom stereocenters. The minimum Gasteiger partial charge on any atom is -0.268 e. The Bertz CT molecular complexity index is 259. The smallest absolute Gasteiger partial charge is 0.268 e. The lowest BCUT2D eigenvalue weighted by atomic mass is 10.2. The molecule has 1 rings (SSSR count). The van der Waals surface area contributed by atoms with Gasteiger partial charge in [0.2, 0.25) is 0 Å². The Morgan fingerprint density at radius 2 is 1.67 bits per heavy atom.